The van der Waals surface area contributed by atoms with Crippen molar-refractivity contribution in [1.82, 2.24) is 0 Å². The zero-order valence-corrected chi connectivity index (χ0v) is 16.7. The van der Waals surface area contributed by atoms with Gasteiger partial charge in [0.1, 0.15) is 11.3 Å². The van der Waals surface area contributed by atoms with Crippen LogP contribution in [-0.4, -0.2) is 13.7 Å². The van der Waals surface area contributed by atoms with Gasteiger partial charge >= 0.3 is 5.63 Å². The molecule has 0 unspecified atom stereocenters. The summed E-state index contributed by atoms with van der Waals surface area (Å²) in [5, 5.41) is 0.706. The van der Waals surface area contributed by atoms with Gasteiger partial charge in [0.25, 0.3) is 0 Å². The predicted molar refractivity (Wildman–Crippen MR) is 116 cm³/mol. The Balaban J connectivity index is 1.61. The maximum Gasteiger partial charge on any atom is 0.346 e. The monoisotopic (exact) mass is 394 g/mol. The van der Waals surface area contributed by atoms with E-state index < -0.39 is 5.63 Å². The van der Waals surface area contributed by atoms with Gasteiger partial charge in [0.15, 0.2) is 0 Å². The third kappa shape index (κ3) is 4.78. The van der Waals surface area contributed by atoms with Gasteiger partial charge in [-0.15, -0.1) is 0 Å². The number of nitrogens with two attached hydrogens (primary N) is 2. The summed E-state index contributed by atoms with van der Waals surface area (Å²) in [6.45, 7) is 2.88. The molecule has 0 amide bonds. The number of fused-ring (bicyclic) bond motifs is 1. The molecule has 0 saturated heterocycles. The molecule has 1 heterocycles. The molecule has 0 aliphatic heterocycles. The average Bonchev–Trinajstić information content (AvgIpc) is 2.73. The first-order chi connectivity index (χ1) is 14.0. The molecule has 29 heavy (non-hydrogen) atoms. The van der Waals surface area contributed by atoms with Gasteiger partial charge in [0, 0.05) is 17.7 Å². The van der Waals surface area contributed by atoms with E-state index in [1.807, 2.05) is 36.4 Å². The Kier molecular flexibility index (Phi) is 6.57. The molecule has 0 atom stereocenters. The smallest absolute Gasteiger partial charge is 0.346 e. The van der Waals surface area contributed by atoms with Gasteiger partial charge in [-0.1, -0.05) is 24.3 Å². The van der Waals surface area contributed by atoms with Gasteiger partial charge < -0.3 is 25.4 Å². The van der Waals surface area contributed by atoms with E-state index in [2.05, 4.69) is 0 Å². The molecular formula is C23H26N2O4. The molecule has 0 bridgehead atoms. The van der Waals surface area contributed by atoms with Gasteiger partial charge in [-0.3, -0.25) is 0 Å². The van der Waals surface area contributed by atoms with E-state index in [0.29, 0.717) is 53.1 Å². The van der Waals surface area contributed by atoms with E-state index in [9.17, 15) is 4.79 Å². The van der Waals surface area contributed by atoms with Crippen LogP contribution in [0.5, 0.6) is 5.75 Å². The minimum Gasteiger partial charge on any atom is -0.497 e. The summed E-state index contributed by atoms with van der Waals surface area (Å²) in [5.74, 6) is 0.819. The summed E-state index contributed by atoms with van der Waals surface area (Å²) >= 11 is 0. The number of benzene rings is 2. The second kappa shape index (κ2) is 9.30. The van der Waals surface area contributed by atoms with Gasteiger partial charge in [-0.2, -0.15) is 0 Å². The van der Waals surface area contributed by atoms with Crippen molar-refractivity contribution >= 4 is 22.2 Å². The lowest BCUT2D eigenvalue weighted by Crippen LogP contribution is -2.13. The quantitative estimate of drug-likeness (QED) is 0.441. The van der Waals surface area contributed by atoms with E-state index in [4.69, 9.17) is 25.4 Å². The van der Waals surface area contributed by atoms with Crippen molar-refractivity contribution in [1.29, 1.82) is 0 Å². The van der Waals surface area contributed by atoms with Gasteiger partial charge in [0.2, 0.25) is 0 Å². The van der Waals surface area contributed by atoms with E-state index in [1.165, 1.54) is 0 Å². The summed E-state index contributed by atoms with van der Waals surface area (Å²) in [5.41, 5.74) is 15.5. The molecule has 0 fully saturated rings. The molecule has 0 aliphatic carbocycles. The Morgan fingerprint density at radius 3 is 2.55 bits per heavy atom. The van der Waals surface area contributed by atoms with Crippen LogP contribution in [-0.2, 0) is 11.3 Å². The summed E-state index contributed by atoms with van der Waals surface area (Å²) in [6, 6.07) is 15.0. The summed E-state index contributed by atoms with van der Waals surface area (Å²) in [4.78, 5) is 12.4. The number of hydrogen-bond acceptors (Lipinski definition) is 6. The second-order valence-electron chi connectivity index (χ2n) is 6.83. The molecule has 0 aliphatic rings. The molecule has 4 N–H and O–H groups in total. The highest BCUT2D eigenvalue weighted by Gasteiger charge is 2.15. The number of methoxy groups -OCH3 is 1. The highest BCUT2D eigenvalue weighted by atomic mass is 16.5. The maximum atomic E-state index is 12.4. The fraction of sp³-hybridized carbons (Fsp3) is 0.261. The highest BCUT2D eigenvalue weighted by Crippen LogP contribution is 2.28. The van der Waals surface area contributed by atoms with Gasteiger partial charge in [0.05, 0.1) is 25.0 Å². The van der Waals surface area contributed by atoms with Crippen molar-refractivity contribution in [2.75, 3.05) is 19.5 Å². The molecule has 1 aromatic heterocycles. The number of anilines is 1. The lowest BCUT2D eigenvalue weighted by atomic mass is 10.0. The molecule has 0 saturated carbocycles. The second-order valence-corrected chi connectivity index (χ2v) is 6.83. The normalized spacial score (nSPS) is 12.1. The van der Waals surface area contributed by atoms with Crippen LogP contribution in [0.4, 0.5) is 5.69 Å². The Morgan fingerprint density at radius 1 is 1.10 bits per heavy atom. The number of para-hydroxylation sites is 1. The Morgan fingerprint density at radius 2 is 1.83 bits per heavy atom. The average molecular weight is 394 g/mol. The fourth-order valence-electron chi connectivity index (χ4n) is 3.15. The summed E-state index contributed by atoms with van der Waals surface area (Å²) in [6.07, 6.45) is 1.33. The molecular weight excluding hydrogens is 368 g/mol. The first kappa shape index (κ1) is 20.5. The third-order valence-corrected chi connectivity index (χ3v) is 4.87. The van der Waals surface area contributed by atoms with E-state index in [1.54, 1.807) is 26.2 Å². The Hall–Kier alpha value is -3.25. The third-order valence-electron chi connectivity index (χ3n) is 4.87. The predicted octanol–water partition coefficient (Wildman–Crippen LogP) is 4.07. The van der Waals surface area contributed by atoms with Crippen molar-refractivity contribution in [2.24, 2.45) is 5.73 Å². The summed E-state index contributed by atoms with van der Waals surface area (Å²) < 4.78 is 16.2. The Labute approximate surface area is 169 Å². The van der Waals surface area contributed by atoms with Gasteiger partial charge in [-0.05, 0) is 55.2 Å². The zero-order valence-electron chi connectivity index (χ0n) is 16.7. The van der Waals surface area contributed by atoms with Crippen LogP contribution in [0, 0.1) is 0 Å². The van der Waals surface area contributed by atoms with Gasteiger partial charge in [-0.25, -0.2) is 4.79 Å². The highest BCUT2D eigenvalue weighted by molar-refractivity contribution is 5.94. The minimum atomic E-state index is -0.475. The van der Waals surface area contributed by atoms with Crippen molar-refractivity contribution in [3.05, 3.63) is 75.8 Å². The standard InChI is InChI=1S/C23H26N2O4/c1-15(21-22(25)18-6-3-4-8-20(18)29-23(21)26)19(24)7-5-13-28-14-16-9-11-17(27-2)12-10-16/h3-4,6,8-12H,5,7,13-14,24-25H2,1-2H3/b19-15-. The molecule has 2 aromatic carbocycles. The molecule has 152 valence electrons. The van der Waals surface area contributed by atoms with Crippen molar-refractivity contribution < 1.29 is 13.9 Å². The zero-order chi connectivity index (χ0) is 20.8. The number of nitrogen functional groups attached to an aromatic ring is 1. The lowest BCUT2D eigenvalue weighted by Gasteiger charge is -2.11. The maximum absolute atomic E-state index is 12.4. The van der Waals surface area contributed by atoms with Crippen LogP contribution in [0.1, 0.15) is 30.9 Å². The lowest BCUT2D eigenvalue weighted by molar-refractivity contribution is 0.118. The van der Waals surface area contributed by atoms with Crippen LogP contribution < -0.4 is 21.8 Å². The van der Waals surface area contributed by atoms with E-state index in [0.717, 1.165) is 17.7 Å². The minimum absolute atomic E-state index is 0.334. The number of allylic oxidation sites excluding steroid dienone is 2. The molecule has 6 heteroatoms. The van der Waals surface area contributed by atoms with Crippen LogP contribution in [0.25, 0.3) is 16.5 Å². The van der Waals surface area contributed by atoms with E-state index >= 15 is 0 Å². The largest absolute Gasteiger partial charge is 0.497 e. The molecule has 6 nitrogen and oxygen atoms in total. The molecule has 3 rings (SSSR count). The van der Waals surface area contributed by atoms with Crippen LogP contribution in [0.3, 0.4) is 0 Å². The molecule has 0 spiro atoms. The van der Waals surface area contributed by atoms with Crippen molar-refractivity contribution in [2.45, 2.75) is 26.4 Å². The molecule has 3 aromatic rings. The van der Waals surface area contributed by atoms with Crippen LogP contribution in [0.15, 0.2) is 63.4 Å². The number of hydrogen-bond donors (Lipinski definition) is 2. The fourth-order valence-corrected chi connectivity index (χ4v) is 3.15. The number of ether oxygens (including phenoxy) is 2. The first-order valence-corrected chi connectivity index (χ1v) is 9.49. The SMILES string of the molecule is COc1ccc(COCCC/C(N)=C(\C)c2c(N)c3ccccc3oc2=O)cc1. The first-order valence-electron chi connectivity index (χ1n) is 9.49. The Bertz CT molecular complexity index is 1070. The molecule has 0 radical (unpaired) electrons. The van der Waals surface area contributed by atoms with E-state index in [-0.39, 0.29) is 0 Å². The van der Waals surface area contributed by atoms with Crippen molar-refractivity contribution in [3.8, 4) is 5.75 Å². The topological polar surface area (TPSA) is 101 Å². The van der Waals surface area contributed by atoms with Crippen LogP contribution in [0.2, 0.25) is 0 Å². The number of rotatable bonds is 8. The van der Waals surface area contributed by atoms with Crippen molar-refractivity contribution in [3.63, 3.8) is 0 Å². The summed E-state index contributed by atoms with van der Waals surface area (Å²) in [7, 11) is 1.64. The van der Waals surface area contributed by atoms with Crippen LogP contribution >= 0.6 is 0 Å².